The van der Waals surface area contributed by atoms with E-state index in [1.54, 1.807) is 0 Å². The van der Waals surface area contributed by atoms with Crippen molar-refractivity contribution < 1.29 is 4.42 Å². The molecular formula is C17H14BrClO. The standard InChI is InChI=1S/C17H14BrClO/c1-11-5-6-16-13(7-11)10-17(20-16)15(19)9-12-3-2-4-14(18)8-12/h2-8,10,15H,9H2,1H3. The second-order valence-electron chi connectivity index (χ2n) is 4.99. The highest BCUT2D eigenvalue weighted by Crippen LogP contribution is 2.31. The molecule has 3 heteroatoms. The van der Waals surface area contributed by atoms with Crippen molar-refractivity contribution in [3.8, 4) is 0 Å². The van der Waals surface area contributed by atoms with Gasteiger partial charge in [-0.05, 0) is 49.2 Å². The van der Waals surface area contributed by atoms with Crippen LogP contribution in [0.4, 0.5) is 0 Å². The zero-order valence-electron chi connectivity index (χ0n) is 11.1. The molecule has 1 aromatic heterocycles. The molecule has 0 bridgehead atoms. The molecule has 0 fully saturated rings. The van der Waals surface area contributed by atoms with Gasteiger partial charge in [0.2, 0.25) is 0 Å². The van der Waals surface area contributed by atoms with Crippen LogP contribution in [-0.4, -0.2) is 0 Å². The minimum absolute atomic E-state index is 0.156. The number of furan rings is 1. The Kier molecular flexibility index (Phi) is 3.86. The number of hydrogen-bond donors (Lipinski definition) is 0. The Balaban J connectivity index is 1.86. The summed E-state index contributed by atoms with van der Waals surface area (Å²) in [6.07, 6.45) is 0.750. The van der Waals surface area contributed by atoms with Crippen molar-refractivity contribution in [2.24, 2.45) is 0 Å². The first kappa shape index (κ1) is 13.7. The highest BCUT2D eigenvalue weighted by atomic mass is 79.9. The molecule has 102 valence electrons. The number of aryl methyl sites for hydroxylation is 1. The second kappa shape index (κ2) is 5.63. The highest BCUT2D eigenvalue weighted by molar-refractivity contribution is 9.10. The fourth-order valence-corrected chi connectivity index (χ4v) is 3.04. The van der Waals surface area contributed by atoms with Crippen molar-refractivity contribution in [1.82, 2.24) is 0 Å². The molecule has 0 saturated heterocycles. The average molecular weight is 350 g/mol. The summed E-state index contributed by atoms with van der Waals surface area (Å²) in [7, 11) is 0. The first-order valence-corrected chi connectivity index (χ1v) is 7.73. The van der Waals surface area contributed by atoms with E-state index >= 15 is 0 Å². The summed E-state index contributed by atoms with van der Waals surface area (Å²) in [5.74, 6) is 0.826. The van der Waals surface area contributed by atoms with Crippen LogP contribution < -0.4 is 0 Å². The Labute approximate surface area is 131 Å². The quantitative estimate of drug-likeness (QED) is 0.526. The molecule has 3 rings (SSSR count). The Hall–Kier alpha value is -1.25. The van der Waals surface area contributed by atoms with Crippen LogP contribution in [-0.2, 0) is 6.42 Å². The van der Waals surface area contributed by atoms with E-state index in [4.69, 9.17) is 16.0 Å². The summed E-state index contributed by atoms with van der Waals surface area (Å²) >= 11 is 9.97. The van der Waals surface area contributed by atoms with Gasteiger partial charge in [-0.2, -0.15) is 0 Å². The van der Waals surface area contributed by atoms with Crippen molar-refractivity contribution in [1.29, 1.82) is 0 Å². The number of alkyl halides is 1. The topological polar surface area (TPSA) is 13.1 Å². The number of benzene rings is 2. The molecule has 0 N–H and O–H groups in total. The third-order valence-electron chi connectivity index (χ3n) is 3.30. The minimum atomic E-state index is -0.156. The lowest BCUT2D eigenvalue weighted by Gasteiger charge is -2.06. The van der Waals surface area contributed by atoms with Crippen molar-refractivity contribution in [2.75, 3.05) is 0 Å². The molecule has 20 heavy (non-hydrogen) atoms. The lowest BCUT2D eigenvalue weighted by atomic mass is 10.1. The first-order chi connectivity index (χ1) is 9.61. The molecule has 0 aliphatic rings. The molecule has 1 nitrogen and oxygen atoms in total. The molecule has 0 saturated carbocycles. The summed E-state index contributed by atoms with van der Waals surface area (Å²) in [5, 5.41) is 0.955. The largest absolute Gasteiger partial charge is 0.459 e. The molecule has 0 aliphatic heterocycles. The van der Waals surface area contributed by atoms with Gasteiger partial charge in [0.15, 0.2) is 0 Å². The van der Waals surface area contributed by atoms with Gasteiger partial charge < -0.3 is 4.42 Å². The molecule has 2 aromatic carbocycles. The maximum atomic E-state index is 6.50. The average Bonchev–Trinajstić information content (AvgIpc) is 2.81. The van der Waals surface area contributed by atoms with Crippen molar-refractivity contribution in [2.45, 2.75) is 18.7 Å². The number of hydrogen-bond acceptors (Lipinski definition) is 1. The molecular weight excluding hydrogens is 336 g/mol. The van der Waals surface area contributed by atoms with Crippen molar-refractivity contribution in [3.63, 3.8) is 0 Å². The van der Waals surface area contributed by atoms with Gasteiger partial charge in [-0.3, -0.25) is 0 Å². The van der Waals surface area contributed by atoms with Crippen LogP contribution in [0, 0.1) is 6.92 Å². The van der Waals surface area contributed by atoms with E-state index in [1.165, 1.54) is 11.1 Å². The zero-order chi connectivity index (χ0) is 14.1. The molecule has 0 aliphatic carbocycles. The second-order valence-corrected chi connectivity index (χ2v) is 6.43. The van der Waals surface area contributed by atoms with E-state index in [0.717, 1.165) is 27.6 Å². The summed E-state index contributed by atoms with van der Waals surface area (Å²) in [5.41, 5.74) is 3.31. The van der Waals surface area contributed by atoms with Crippen molar-refractivity contribution in [3.05, 3.63) is 69.9 Å². The van der Waals surface area contributed by atoms with Gasteiger partial charge in [-0.1, -0.05) is 39.7 Å². The van der Waals surface area contributed by atoms with E-state index in [9.17, 15) is 0 Å². The van der Waals surface area contributed by atoms with Gasteiger partial charge in [0.05, 0.1) is 5.38 Å². The lowest BCUT2D eigenvalue weighted by Crippen LogP contribution is -1.94. The van der Waals surface area contributed by atoms with E-state index in [2.05, 4.69) is 41.1 Å². The summed E-state index contributed by atoms with van der Waals surface area (Å²) in [6.45, 7) is 2.08. The van der Waals surface area contributed by atoms with Gasteiger partial charge in [0.1, 0.15) is 11.3 Å². The van der Waals surface area contributed by atoms with Crippen LogP contribution in [0.2, 0.25) is 0 Å². The Bertz CT molecular complexity index is 748. The number of rotatable bonds is 3. The molecule has 1 atom stereocenters. The van der Waals surface area contributed by atoms with Crippen LogP contribution in [0.5, 0.6) is 0 Å². The predicted molar refractivity (Wildman–Crippen MR) is 87.4 cm³/mol. The first-order valence-electron chi connectivity index (χ1n) is 6.50. The fraction of sp³-hybridized carbons (Fsp3) is 0.176. The van der Waals surface area contributed by atoms with Gasteiger partial charge >= 0.3 is 0 Å². The van der Waals surface area contributed by atoms with Gasteiger partial charge in [0.25, 0.3) is 0 Å². The predicted octanol–water partition coefficient (Wildman–Crippen LogP) is 6.03. The zero-order valence-corrected chi connectivity index (χ0v) is 13.4. The van der Waals surface area contributed by atoms with E-state index in [-0.39, 0.29) is 5.38 Å². The monoisotopic (exact) mass is 348 g/mol. The van der Waals surface area contributed by atoms with Crippen LogP contribution in [0.3, 0.4) is 0 Å². The molecule has 0 radical (unpaired) electrons. The Morgan fingerprint density at radius 1 is 1.15 bits per heavy atom. The maximum absolute atomic E-state index is 6.50. The minimum Gasteiger partial charge on any atom is -0.459 e. The van der Waals surface area contributed by atoms with Gasteiger partial charge in [-0.25, -0.2) is 0 Å². The molecule has 0 amide bonds. The maximum Gasteiger partial charge on any atom is 0.134 e. The number of fused-ring (bicyclic) bond motifs is 1. The van der Waals surface area contributed by atoms with Gasteiger partial charge in [-0.15, -0.1) is 11.6 Å². The molecule has 3 aromatic rings. The molecule has 1 heterocycles. The summed E-state index contributed by atoms with van der Waals surface area (Å²) in [4.78, 5) is 0. The normalized spacial score (nSPS) is 12.8. The summed E-state index contributed by atoms with van der Waals surface area (Å²) < 4.78 is 6.91. The smallest absolute Gasteiger partial charge is 0.134 e. The molecule has 1 unspecified atom stereocenters. The van der Waals surface area contributed by atoms with Gasteiger partial charge in [0, 0.05) is 9.86 Å². The third kappa shape index (κ3) is 2.92. The third-order valence-corrected chi connectivity index (χ3v) is 4.17. The van der Waals surface area contributed by atoms with E-state index < -0.39 is 0 Å². The SMILES string of the molecule is Cc1ccc2oc(C(Cl)Cc3cccc(Br)c3)cc2c1. The highest BCUT2D eigenvalue weighted by Gasteiger charge is 2.14. The van der Waals surface area contributed by atoms with E-state index in [1.807, 2.05) is 30.3 Å². The van der Waals surface area contributed by atoms with Crippen LogP contribution >= 0.6 is 27.5 Å². The molecule has 0 spiro atoms. The van der Waals surface area contributed by atoms with Crippen LogP contribution in [0.15, 0.2) is 57.4 Å². The summed E-state index contributed by atoms with van der Waals surface area (Å²) in [6, 6.07) is 16.4. The van der Waals surface area contributed by atoms with Crippen molar-refractivity contribution >= 4 is 38.5 Å². The fourth-order valence-electron chi connectivity index (χ4n) is 2.31. The lowest BCUT2D eigenvalue weighted by molar-refractivity contribution is 0.540. The van der Waals surface area contributed by atoms with Crippen LogP contribution in [0.1, 0.15) is 22.3 Å². The Morgan fingerprint density at radius 2 is 2.00 bits per heavy atom. The van der Waals surface area contributed by atoms with Crippen LogP contribution in [0.25, 0.3) is 11.0 Å². The number of halogens is 2. The van der Waals surface area contributed by atoms with E-state index in [0.29, 0.717) is 0 Å². The Morgan fingerprint density at radius 3 is 2.80 bits per heavy atom.